The normalized spacial score (nSPS) is 14.9. The van der Waals surface area contributed by atoms with Gasteiger partial charge in [0, 0.05) is 8.95 Å². The van der Waals surface area contributed by atoms with Crippen LogP contribution in [-0.4, -0.2) is 17.6 Å². The van der Waals surface area contributed by atoms with Gasteiger partial charge in [-0.1, -0.05) is 0 Å². The molecule has 106 valence electrons. The minimum atomic E-state index is -4.83. The summed E-state index contributed by atoms with van der Waals surface area (Å²) >= 11 is 6.35. The van der Waals surface area contributed by atoms with Crippen molar-refractivity contribution in [3.63, 3.8) is 0 Å². The van der Waals surface area contributed by atoms with Crippen molar-refractivity contribution in [2.45, 2.75) is 25.6 Å². The molecule has 8 heteroatoms. The third-order valence-corrected chi connectivity index (χ3v) is 3.74. The number of rotatable bonds is 2. The number of aryl methyl sites for hydroxylation is 1. The number of amides is 1. The molecule has 1 amide bonds. The molecule has 0 radical (unpaired) electrons. The van der Waals surface area contributed by atoms with Crippen molar-refractivity contribution in [1.29, 1.82) is 0 Å². The fourth-order valence-electron chi connectivity index (χ4n) is 1.19. The van der Waals surface area contributed by atoms with Gasteiger partial charge in [-0.3, -0.25) is 4.79 Å². The topological polar surface area (TPSA) is 55.1 Å². The van der Waals surface area contributed by atoms with E-state index < -0.39 is 17.6 Å². The average molecular weight is 404 g/mol. The average Bonchev–Trinajstić information content (AvgIpc) is 2.21. The first-order valence-corrected chi connectivity index (χ1v) is 6.68. The van der Waals surface area contributed by atoms with Crippen LogP contribution in [0.5, 0.6) is 0 Å². The van der Waals surface area contributed by atoms with E-state index in [1.165, 1.54) is 0 Å². The van der Waals surface area contributed by atoms with Gasteiger partial charge in [0.15, 0.2) is 5.54 Å². The maximum absolute atomic E-state index is 12.6. The molecule has 0 saturated carbocycles. The summed E-state index contributed by atoms with van der Waals surface area (Å²) in [7, 11) is 0. The minimum Gasteiger partial charge on any atom is -0.322 e. The number of halogens is 5. The highest BCUT2D eigenvalue weighted by molar-refractivity contribution is 9.11. The second kappa shape index (κ2) is 5.41. The first-order valence-electron chi connectivity index (χ1n) is 5.09. The lowest BCUT2D eigenvalue weighted by Crippen LogP contribution is -2.59. The molecule has 0 heterocycles. The molecule has 1 aromatic rings. The van der Waals surface area contributed by atoms with Crippen LogP contribution in [0.15, 0.2) is 21.1 Å². The third kappa shape index (κ3) is 3.49. The Hall–Kier alpha value is -0.600. The zero-order valence-corrected chi connectivity index (χ0v) is 13.2. The Morgan fingerprint density at radius 1 is 1.26 bits per heavy atom. The Balaban J connectivity index is 3.08. The molecular formula is C11H11Br2F3N2O. The van der Waals surface area contributed by atoms with Gasteiger partial charge >= 0.3 is 6.18 Å². The summed E-state index contributed by atoms with van der Waals surface area (Å²) in [6.45, 7) is 2.43. The Morgan fingerprint density at radius 3 is 2.05 bits per heavy atom. The summed E-state index contributed by atoms with van der Waals surface area (Å²) in [6.07, 6.45) is -4.83. The number of hydrogen-bond donors (Lipinski definition) is 2. The number of carbonyl (C=O) groups is 1. The van der Waals surface area contributed by atoms with Gasteiger partial charge in [0.2, 0.25) is 0 Å². The highest BCUT2D eigenvalue weighted by atomic mass is 79.9. The van der Waals surface area contributed by atoms with Gasteiger partial charge in [-0.05, 0) is 63.4 Å². The fraction of sp³-hybridized carbons (Fsp3) is 0.364. The van der Waals surface area contributed by atoms with Gasteiger partial charge in [-0.15, -0.1) is 0 Å². The monoisotopic (exact) mass is 402 g/mol. The van der Waals surface area contributed by atoms with E-state index in [1.807, 2.05) is 6.92 Å². The van der Waals surface area contributed by atoms with Gasteiger partial charge in [-0.25, -0.2) is 0 Å². The summed E-state index contributed by atoms with van der Waals surface area (Å²) in [5, 5.41) is 2.17. The van der Waals surface area contributed by atoms with Crippen molar-refractivity contribution in [3.05, 3.63) is 26.6 Å². The molecule has 19 heavy (non-hydrogen) atoms. The Labute approximate surface area is 125 Å². The second-order valence-corrected chi connectivity index (χ2v) is 5.97. The summed E-state index contributed by atoms with van der Waals surface area (Å²) in [5.41, 5.74) is 3.17. The van der Waals surface area contributed by atoms with Gasteiger partial charge in [0.05, 0.1) is 5.69 Å². The van der Waals surface area contributed by atoms with Crippen LogP contribution >= 0.6 is 31.9 Å². The highest BCUT2D eigenvalue weighted by Gasteiger charge is 2.54. The molecule has 0 aromatic heterocycles. The van der Waals surface area contributed by atoms with E-state index in [0.29, 0.717) is 15.9 Å². The Morgan fingerprint density at radius 2 is 1.68 bits per heavy atom. The summed E-state index contributed by atoms with van der Waals surface area (Å²) in [5.74, 6) is -1.33. The van der Waals surface area contributed by atoms with Crippen molar-refractivity contribution in [2.24, 2.45) is 5.73 Å². The van der Waals surface area contributed by atoms with Gasteiger partial charge in [0.25, 0.3) is 5.91 Å². The molecule has 0 aliphatic rings. The minimum absolute atomic E-state index is 0.205. The van der Waals surface area contributed by atoms with E-state index in [2.05, 4.69) is 37.2 Å². The number of nitrogens with two attached hydrogens (primary N) is 1. The maximum atomic E-state index is 12.6. The highest BCUT2D eigenvalue weighted by Crippen LogP contribution is 2.34. The van der Waals surface area contributed by atoms with Gasteiger partial charge in [0.1, 0.15) is 0 Å². The molecule has 0 aliphatic heterocycles. The van der Waals surface area contributed by atoms with E-state index >= 15 is 0 Å². The number of hydrogen-bond acceptors (Lipinski definition) is 2. The Bertz CT molecular complexity index is 492. The molecular weight excluding hydrogens is 393 g/mol. The lowest BCUT2D eigenvalue weighted by molar-refractivity contribution is -0.184. The van der Waals surface area contributed by atoms with Gasteiger partial charge in [-0.2, -0.15) is 13.2 Å². The number of nitrogens with one attached hydrogen (secondary N) is 1. The predicted molar refractivity (Wildman–Crippen MR) is 73.9 cm³/mol. The summed E-state index contributed by atoms with van der Waals surface area (Å²) < 4.78 is 38.9. The van der Waals surface area contributed by atoms with E-state index in [4.69, 9.17) is 5.73 Å². The molecule has 1 aromatic carbocycles. The van der Waals surface area contributed by atoms with Crippen LogP contribution in [-0.2, 0) is 4.79 Å². The Kier molecular flexibility index (Phi) is 4.69. The largest absolute Gasteiger partial charge is 0.415 e. The number of anilines is 1. The molecule has 1 rings (SSSR count). The first kappa shape index (κ1) is 16.5. The maximum Gasteiger partial charge on any atom is 0.415 e. The molecule has 1 unspecified atom stereocenters. The molecule has 0 fully saturated rings. The van der Waals surface area contributed by atoms with Crippen LogP contribution in [0.2, 0.25) is 0 Å². The smallest absolute Gasteiger partial charge is 0.322 e. The molecule has 3 nitrogen and oxygen atoms in total. The number of benzene rings is 1. The van der Waals surface area contributed by atoms with Gasteiger partial charge < -0.3 is 11.1 Å². The SMILES string of the molecule is Cc1cc(Br)c(NC(=O)C(C)(N)C(F)(F)F)c(Br)c1. The number of alkyl halides is 3. The lowest BCUT2D eigenvalue weighted by atomic mass is 10.0. The first-order chi connectivity index (χ1) is 8.46. The van der Waals surface area contributed by atoms with Crippen molar-refractivity contribution in [1.82, 2.24) is 0 Å². The van der Waals surface area contributed by atoms with Crippen LogP contribution in [0.4, 0.5) is 18.9 Å². The molecule has 0 aliphatic carbocycles. The summed E-state index contributed by atoms with van der Waals surface area (Å²) in [6, 6.07) is 3.34. The molecule has 0 bridgehead atoms. The van der Waals surface area contributed by atoms with Crippen LogP contribution < -0.4 is 11.1 Å². The van der Waals surface area contributed by atoms with Crippen LogP contribution in [0.1, 0.15) is 12.5 Å². The van der Waals surface area contributed by atoms with E-state index in [9.17, 15) is 18.0 Å². The molecule has 3 N–H and O–H groups in total. The lowest BCUT2D eigenvalue weighted by Gasteiger charge is -2.26. The van der Waals surface area contributed by atoms with Crippen LogP contribution in [0.3, 0.4) is 0 Å². The van der Waals surface area contributed by atoms with Crippen molar-refractivity contribution in [2.75, 3.05) is 5.32 Å². The molecule has 1 atom stereocenters. The van der Waals surface area contributed by atoms with Crippen molar-refractivity contribution < 1.29 is 18.0 Å². The third-order valence-electron chi connectivity index (χ3n) is 2.49. The quantitative estimate of drug-likeness (QED) is 0.790. The summed E-state index contributed by atoms with van der Waals surface area (Å²) in [4.78, 5) is 11.7. The zero-order chi connectivity index (χ0) is 15.0. The van der Waals surface area contributed by atoms with Crippen molar-refractivity contribution >= 4 is 43.5 Å². The van der Waals surface area contributed by atoms with E-state index in [0.717, 1.165) is 5.56 Å². The van der Waals surface area contributed by atoms with E-state index in [-0.39, 0.29) is 5.69 Å². The predicted octanol–water partition coefficient (Wildman–Crippen LogP) is 3.74. The standard InChI is InChI=1S/C11H11Br2F3N2O/c1-5-3-6(12)8(7(13)4-5)18-9(19)10(2,17)11(14,15)16/h3-4H,17H2,1-2H3,(H,18,19). The number of carbonyl (C=O) groups excluding carboxylic acids is 1. The second-order valence-electron chi connectivity index (χ2n) is 4.26. The fourth-order valence-corrected chi connectivity index (χ4v) is 2.80. The molecule has 0 spiro atoms. The molecule has 0 saturated heterocycles. The van der Waals surface area contributed by atoms with Crippen molar-refractivity contribution in [3.8, 4) is 0 Å². The zero-order valence-electron chi connectivity index (χ0n) is 10.0. The van der Waals surface area contributed by atoms with E-state index in [1.54, 1.807) is 12.1 Å². The van der Waals surface area contributed by atoms with Crippen LogP contribution in [0.25, 0.3) is 0 Å². The van der Waals surface area contributed by atoms with Crippen LogP contribution in [0, 0.1) is 6.92 Å².